The number of piperidine rings is 1. The lowest BCUT2D eigenvalue weighted by Crippen LogP contribution is -2.53. The van der Waals surface area contributed by atoms with Crippen LogP contribution in [0.3, 0.4) is 0 Å². The van der Waals surface area contributed by atoms with Crippen molar-refractivity contribution in [3.05, 3.63) is 29.8 Å². The van der Waals surface area contributed by atoms with Gasteiger partial charge in [-0.05, 0) is 38.3 Å². The summed E-state index contributed by atoms with van der Waals surface area (Å²) < 4.78 is 25.0. The molecule has 0 aromatic heterocycles. The third kappa shape index (κ3) is 5.35. The van der Waals surface area contributed by atoms with Crippen LogP contribution in [0.5, 0.6) is 0 Å². The van der Waals surface area contributed by atoms with Crippen molar-refractivity contribution in [2.75, 3.05) is 50.4 Å². The Morgan fingerprint density at radius 2 is 1.78 bits per heavy atom. The standard InChI is InChI=1S/C19H30N4O3S/c1-16-6-8-18(9-7-16)21-10-4-11-22(14-13-21)19(24)20-17-5-3-12-23(15-17)27(2,25)26/h6-9,17H,3-5,10-15H2,1-2H3,(H,20,24). The van der Waals surface area contributed by atoms with E-state index in [1.165, 1.54) is 21.8 Å². The van der Waals surface area contributed by atoms with Crippen molar-refractivity contribution in [1.29, 1.82) is 0 Å². The van der Waals surface area contributed by atoms with Gasteiger partial charge < -0.3 is 15.1 Å². The second-order valence-corrected chi connectivity index (χ2v) is 9.56. The highest BCUT2D eigenvalue weighted by Gasteiger charge is 2.28. The van der Waals surface area contributed by atoms with E-state index in [9.17, 15) is 13.2 Å². The lowest BCUT2D eigenvalue weighted by atomic mass is 10.1. The van der Waals surface area contributed by atoms with Crippen LogP contribution >= 0.6 is 0 Å². The summed E-state index contributed by atoms with van der Waals surface area (Å²) in [6.45, 7) is 6.11. The monoisotopic (exact) mass is 394 g/mol. The van der Waals surface area contributed by atoms with Gasteiger partial charge in [0, 0.05) is 51.0 Å². The lowest BCUT2D eigenvalue weighted by molar-refractivity contribution is 0.189. The molecule has 1 unspecified atom stereocenters. The molecule has 27 heavy (non-hydrogen) atoms. The SMILES string of the molecule is Cc1ccc(N2CCCN(C(=O)NC3CCCN(S(C)(=O)=O)C3)CC2)cc1. The van der Waals surface area contributed by atoms with Gasteiger partial charge in [-0.2, -0.15) is 0 Å². The maximum Gasteiger partial charge on any atom is 0.317 e. The molecule has 150 valence electrons. The molecule has 2 aliphatic heterocycles. The van der Waals surface area contributed by atoms with E-state index < -0.39 is 10.0 Å². The van der Waals surface area contributed by atoms with Gasteiger partial charge in [-0.3, -0.25) is 0 Å². The van der Waals surface area contributed by atoms with Gasteiger partial charge in [0.2, 0.25) is 10.0 Å². The van der Waals surface area contributed by atoms with Crippen LogP contribution in [-0.4, -0.2) is 75.2 Å². The summed E-state index contributed by atoms with van der Waals surface area (Å²) in [5, 5.41) is 3.04. The smallest absolute Gasteiger partial charge is 0.317 e. The van der Waals surface area contributed by atoms with E-state index in [1.54, 1.807) is 0 Å². The molecule has 7 nitrogen and oxygen atoms in total. The molecule has 1 aromatic rings. The Hall–Kier alpha value is -1.80. The van der Waals surface area contributed by atoms with Gasteiger partial charge in [0.15, 0.2) is 0 Å². The molecular weight excluding hydrogens is 364 g/mol. The summed E-state index contributed by atoms with van der Waals surface area (Å²) in [6.07, 6.45) is 3.74. The number of urea groups is 1. The number of benzene rings is 1. The number of nitrogens with one attached hydrogen (secondary N) is 1. The molecule has 1 atom stereocenters. The molecule has 2 saturated heterocycles. The van der Waals surface area contributed by atoms with Crippen LogP contribution in [0.25, 0.3) is 0 Å². The summed E-state index contributed by atoms with van der Waals surface area (Å²) >= 11 is 0. The van der Waals surface area contributed by atoms with E-state index in [-0.39, 0.29) is 12.1 Å². The van der Waals surface area contributed by atoms with Crippen LogP contribution in [0.1, 0.15) is 24.8 Å². The molecule has 0 radical (unpaired) electrons. The first-order valence-electron chi connectivity index (χ1n) is 9.65. The van der Waals surface area contributed by atoms with E-state index in [0.717, 1.165) is 38.9 Å². The molecule has 2 fully saturated rings. The van der Waals surface area contributed by atoms with Crippen molar-refractivity contribution in [1.82, 2.24) is 14.5 Å². The van der Waals surface area contributed by atoms with E-state index in [2.05, 4.69) is 41.4 Å². The molecule has 1 aromatic carbocycles. The summed E-state index contributed by atoms with van der Waals surface area (Å²) in [7, 11) is -3.20. The largest absolute Gasteiger partial charge is 0.370 e. The number of carbonyl (C=O) groups excluding carboxylic acids is 1. The minimum atomic E-state index is -3.20. The third-order valence-electron chi connectivity index (χ3n) is 5.36. The average Bonchev–Trinajstić information content (AvgIpc) is 2.88. The molecule has 0 bridgehead atoms. The van der Waals surface area contributed by atoms with Crippen LogP contribution in [0.2, 0.25) is 0 Å². The Morgan fingerprint density at radius 1 is 1.04 bits per heavy atom. The third-order valence-corrected chi connectivity index (χ3v) is 6.63. The summed E-state index contributed by atoms with van der Waals surface area (Å²) in [6, 6.07) is 8.29. The van der Waals surface area contributed by atoms with Gasteiger partial charge in [0.25, 0.3) is 0 Å². The number of hydrogen-bond acceptors (Lipinski definition) is 4. The number of aryl methyl sites for hydroxylation is 1. The molecule has 2 aliphatic rings. The van der Waals surface area contributed by atoms with Crippen LogP contribution in [0.15, 0.2) is 24.3 Å². The predicted octanol–water partition coefficient (Wildman–Crippen LogP) is 1.64. The number of hydrogen-bond donors (Lipinski definition) is 1. The number of anilines is 1. The predicted molar refractivity (Wildman–Crippen MR) is 108 cm³/mol. The highest BCUT2D eigenvalue weighted by Crippen LogP contribution is 2.18. The van der Waals surface area contributed by atoms with Crippen LogP contribution < -0.4 is 10.2 Å². The molecule has 0 aliphatic carbocycles. The summed E-state index contributed by atoms with van der Waals surface area (Å²) in [5.41, 5.74) is 2.43. The molecular formula is C19H30N4O3S. The zero-order valence-electron chi connectivity index (χ0n) is 16.2. The molecule has 2 heterocycles. The first-order valence-corrected chi connectivity index (χ1v) is 11.5. The Kier molecular flexibility index (Phi) is 6.26. The van der Waals surface area contributed by atoms with Gasteiger partial charge in [-0.15, -0.1) is 0 Å². The first kappa shape index (κ1) is 19.9. The fourth-order valence-corrected chi connectivity index (χ4v) is 4.67. The van der Waals surface area contributed by atoms with Crippen molar-refractivity contribution in [2.24, 2.45) is 0 Å². The normalized spacial score (nSPS) is 22.4. The van der Waals surface area contributed by atoms with Crippen LogP contribution in [-0.2, 0) is 10.0 Å². The number of sulfonamides is 1. The quantitative estimate of drug-likeness (QED) is 0.846. The van der Waals surface area contributed by atoms with Gasteiger partial charge in [0.05, 0.1) is 6.26 Å². The fraction of sp³-hybridized carbons (Fsp3) is 0.632. The number of rotatable bonds is 3. The molecule has 1 N–H and O–H groups in total. The second kappa shape index (κ2) is 8.48. The molecule has 0 spiro atoms. The molecule has 2 amide bonds. The first-order chi connectivity index (χ1) is 12.8. The van der Waals surface area contributed by atoms with Crippen molar-refractivity contribution < 1.29 is 13.2 Å². The zero-order valence-corrected chi connectivity index (χ0v) is 17.0. The molecule has 0 saturated carbocycles. The highest BCUT2D eigenvalue weighted by molar-refractivity contribution is 7.88. The van der Waals surface area contributed by atoms with E-state index >= 15 is 0 Å². The van der Waals surface area contributed by atoms with Crippen molar-refractivity contribution in [3.8, 4) is 0 Å². The highest BCUT2D eigenvalue weighted by atomic mass is 32.2. The van der Waals surface area contributed by atoms with E-state index in [1.807, 2.05) is 4.90 Å². The van der Waals surface area contributed by atoms with Crippen LogP contribution in [0, 0.1) is 6.92 Å². The summed E-state index contributed by atoms with van der Waals surface area (Å²) in [4.78, 5) is 16.9. The van der Waals surface area contributed by atoms with Gasteiger partial charge in [-0.1, -0.05) is 17.7 Å². The van der Waals surface area contributed by atoms with Gasteiger partial charge in [-0.25, -0.2) is 17.5 Å². The lowest BCUT2D eigenvalue weighted by Gasteiger charge is -2.33. The van der Waals surface area contributed by atoms with Crippen molar-refractivity contribution in [3.63, 3.8) is 0 Å². The fourth-order valence-electron chi connectivity index (χ4n) is 3.76. The number of nitrogens with zero attached hydrogens (tertiary/aromatic N) is 3. The second-order valence-electron chi connectivity index (χ2n) is 7.57. The van der Waals surface area contributed by atoms with Crippen molar-refractivity contribution in [2.45, 2.75) is 32.2 Å². The minimum absolute atomic E-state index is 0.0823. The topological polar surface area (TPSA) is 73.0 Å². The Morgan fingerprint density at radius 3 is 2.48 bits per heavy atom. The molecule has 8 heteroatoms. The maximum absolute atomic E-state index is 12.7. The summed E-state index contributed by atoms with van der Waals surface area (Å²) in [5.74, 6) is 0. The molecule has 3 rings (SSSR count). The number of amides is 2. The Balaban J connectivity index is 1.54. The minimum Gasteiger partial charge on any atom is -0.370 e. The van der Waals surface area contributed by atoms with E-state index in [4.69, 9.17) is 0 Å². The average molecular weight is 395 g/mol. The van der Waals surface area contributed by atoms with Gasteiger partial charge in [0.1, 0.15) is 0 Å². The zero-order chi connectivity index (χ0) is 19.4. The number of carbonyl (C=O) groups is 1. The maximum atomic E-state index is 12.7. The van der Waals surface area contributed by atoms with Crippen molar-refractivity contribution >= 4 is 21.7 Å². The van der Waals surface area contributed by atoms with Crippen LogP contribution in [0.4, 0.5) is 10.5 Å². The van der Waals surface area contributed by atoms with Gasteiger partial charge >= 0.3 is 6.03 Å². The Bertz CT molecular complexity index is 751. The Labute approximate surface area is 162 Å². The van der Waals surface area contributed by atoms with E-state index in [0.29, 0.717) is 19.6 Å².